The molecule has 2 aliphatic rings. The number of pyridine rings is 1. The Bertz CT molecular complexity index is 738. The van der Waals surface area contributed by atoms with Crippen LogP contribution in [0.2, 0.25) is 0 Å². The van der Waals surface area contributed by atoms with Crippen molar-refractivity contribution in [2.24, 2.45) is 0 Å². The van der Waals surface area contributed by atoms with Gasteiger partial charge in [0.1, 0.15) is 5.82 Å². The van der Waals surface area contributed by atoms with Gasteiger partial charge in [-0.25, -0.2) is 4.98 Å². The van der Waals surface area contributed by atoms with E-state index in [0.717, 1.165) is 43.1 Å². The van der Waals surface area contributed by atoms with E-state index in [1.54, 1.807) is 12.4 Å². The second kappa shape index (κ2) is 6.24. The number of ether oxygens (including phenoxy) is 1. The zero-order valence-electron chi connectivity index (χ0n) is 13.7. The fourth-order valence-corrected chi connectivity index (χ4v) is 3.42. The number of carbonyl (C=O) groups excluding carboxylic acids is 1. The number of hydrogen-bond donors (Lipinski definition) is 1. The van der Waals surface area contributed by atoms with Crippen molar-refractivity contribution in [2.75, 3.05) is 31.6 Å². The summed E-state index contributed by atoms with van der Waals surface area (Å²) in [6.07, 6.45) is 5.31. The maximum absolute atomic E-state index is 13.1. The first kappa shape index (κ1) is 15.1. The van der Waals surface area contributed by atoms with E-state index in [9.17, 15) is 4.79 Å². The van der Waals surface area contributed by atoms with Crippen LogP contribution in [0.3, 0.4) is 0 Å². The number of carbonyl (C=O) groups is 1. The van der Waals surface area contributed by atoms with Crippen LogP contribution in [0, 0.1) is 0 Å². The summed E-state index contributed by atoms with van der Waals surface area (Å²) in [4.78, 5) is 21.5. The molecule has 4 heterocycles. The number of anilines is 1. The number of hydrogen-bond acceptors (Lipinski definition) is 5. The third kappa shape index (κ3) is 2.65. The van der Waals surface area contributed by atoms with E-state index in [2.05, 4.69) is 20.1 Å². The topological polar surface area (TPSA) is 74.3 Å². The molecule has 7 nitrogen and oxygen atoms in total. The molecule has 0 aliphatic carbocycles. The van der Waals surface area contributed by atoms with Crippen molar-refractivity contribution in [3.05, 3.63) is 41.3 Å². The van der Waals surface area contributed by atoms with Crippen LogP contribution in [0.5, 0.6) is 0 Å². The summed E-state index contributed by atoms with van der Waals surface area (Å²) >= 11 is 0. The number of likely N-dealkylation sites (N-methyl/N-ethyl adjacent to an activating group) is 1. The SMILES string of the molecule is CN1CCN(C(=O)c2cn[nH]c2C2CCCO2)Cc2cccnc21. The Labute approximate surface area is 140 Å². The molecule has 1 N–H and O–H groups in total. The molecule has 1 saturated heterocycles. The van der Waals surface area contributed by atoms with Crippen molar-refractivity contribution >= 4 is 11.7 Å². The average molecular weight is 327 g/mol. The van der Waals surface area contributed by atoms with E-state index in [-0.39, 0.29) is 12.0 Å². The Morgan fingerprint density at radius 2 is 2.33 bits per heavy atom. The Morgan fingerprint density at radius 1 is 1.42 bits per heavy atom. The average Bonchev–Trinajstić information content (AvgIpc) is 3.25. The van der Waals surface area contributed by atoms with Gasteiger partial charge in [0.2, 0.25) is 0 Å². The third-order valence-corrected chi connectivity index (χ3v) is 4.73. The van der Waals surface area contributed by atoms with Crippen molar-refractivity contribution in [1.82, 2.24) is 20.1 Å². The Morgan fingerprint density at radius 3 is 3.17 bits per heavy atom. The molecule has 0 spiro atoms. The van der Waals surface area contributed by atoms with Gasteiger partial charge in [-0.3, -0.25) is 9.89 Å². The number of nitrogens with one attached hydrogen (secondary N) is 1. The molecule has 0 radical (unpaired) electrons. The standard InChI is InChI=1S/C17H21N5O2/c1-21-7-8-22(11-12-4-2-6-18-16(12)21)17(23)13-10-19-20-15(13)14-5-3-9-24-14/h2,4,6,10,14H,3,5,7-9,11H2,1H3,(H,19,20). The van der Waals surface area contributed by atoms with Crippen molar-refractivity contribution < 1.29 is 9.53 Å². The molecule has 0 aromatic carbocycles. The van der Waals surface area contributed by atoms with Gasteiger partial charge in [-0.05, 0) is 18.9 Å². The zero-order chi connectivity index (χ0) is 16.5. The largest absolute Gasteiger partial charge is 0.372 e. The molecule has 1 atom stereocenters. The van der Waals surface area contributed by atoms with Gasteiger partial charge in [-0.1, -0.05) is 6.07 Å². The van der Waals surface area contributed by atoms with Gasteiger partial charge in [-0.15, -0.1) is 0 Å². The predicted octanol–water partition coefficient (Wildman–Crippen LogP) is 1.75. The number of fused-ring (bicyclic) bond motifs is 1. The monoisotopic (exact) mass is 327 g/mol. The number of aromatic nitrogens is 3. The Hall–Kier alpha value is -2.41. The second-order valence-electron chi connectivity index (χ2n) is 6.33. The summed E-state index contributed by atoms with van der Waals surface area (Å²) in [5, 5.41) is 7.06. The van der Waals surface area contributed by atoms with Gasteiger partial charge < -0.3 is 14.5 Å². The van der Waals surface area contributed by atoms with Gasteiger partial charge in [-0.2, -0.15) is 5.10 Å². The zero-order valence-corrected chi connectivity index (χ0v) is 13.7. The molecule has 126 valence electrons. The number of H-pyrrole nitrogens is 1. The third-order valence-electron chi connectivity index (χ3n) is 4.73. The van der Waals surface area contributed by atoms with Crippen molar-refractivity contribution in [3.63, 3.8) is 0 Å². The van der Waals surface area contributed by atoms with E-state index in [4.69, 9.17) is 4.74 Å². The van der Waals surface area contributed by atoms with E-state index in [0.29, 0.717) is 18.7 Å². The van der Waals surface area contributed by atoms with Crippen LogP contribution in [0.25, 0.3) is 0 Å². The normalized spacial score (nSPS) is 20.8. The van der Waals surface area contributed by atoms with E-state index in [1.807, 2.05) is 24.1 Å². The molecule has 24 heavy (non-hydrogen) atoms. The minimum absolute atomic E-state index is 0.000599. The number of aromatic amines is 1. The molecule has 7 heteroatoms. The Kier molecular flexibility index (Phi) is 3.93. The first-order valence-electron chi connectivity index (χ1n) is 8.33. The van der Waals surface area contributed by atoms with Gasteiger partial charge in [0.25, 0.3) is 5.91 Å². The lowest BCUT2D eigenvalue weighted by atomic mass is 10.1. The van der Waals surface area contributed by atoms with E-state index < -0.39 is 0 Å². The number of nitrogens with zero attached hydrogens (tertiary/aromatic N) is 4. The maximum Gasteiger partial charge on any atom is 0.257 e. The number of amides is 1. The summed E-state index contributed by atoms with van der Waals surface area (Å²) in [7, 11) is 2.01. The van der Waals surface area contributed by atoms with E-state index >= 15 is 0 Å². The molecule has 1 unspecified atom stereocenters. The molecule has 1 fully saturated rings. The Balaban J connectivity index is 1.60. The molecule has 1 amide bonds. The van der Waals surface area contributed by atoms with Crippen LogP contribution in [-0.2, 0) is 11.3 Å². The maximum atomic E-state index is 13.1. The lowest BCUT2D eigenvalue weighted by Gasteiger charge is -2.21. The highest BCUT2D eigenvalue weighted by Crippen LogP contribution is 2.30. The molecule has 4 rings (SSSR count). The van der Waals surface area contributed by atoms with Crippen LogP contribution in [0.1, 0.15) is 40.6 Å². The first-order valence-corrected chi connectivity index (χ1v) is 8.33. The number of rotatable bonds is 2. The lowest BCUT2D eigenvalue weighted by molar-refractivity contribution is 0.0735. The first-order chi connectivity index (χ1) is 11.7. The minimum atomic E-state index is -0.0462. The molecule has 2 aliphatic heterocycles. The molecule has 2 aromatic rings. The van der Waals surface area contributed by atoms with Crippen LogP contribution in [0.4, 0.5) is 5.82 Å². The van der Waals surface area contributed by atoms with Crippen LogP contribution in [-0.4, -0.2) is 52.7 Å². The van der Waals surface area contributed by atoms with Crippen LogP contribution < -0.4 is 4.90 Å². The summed E-state index contributed by atoms with van der Waals surface area (Å²) in [6.45, 7) is 2.71. The summed E-state index contributed by atoms with van der Waals surface area (Å²) in [6, 6.07) is 3.94. The van der Waals surface area contributed by atoms with E-state index in [1.165, 1.54) is 0 Å². The highest BCUT2D eigenvalue weighted by molar-refractivity contribution is 5.95. The van der Waals surface area contributed by atoms with Crippen molar-refractivity contribution in [2.45, 2.75) is 25.5 Å². The van der Waals surface area contributed by atoms with Crippen molar-refractivity contribution in [1.29, 1.82) is 0 Å². The lowest BCUT2D eigenvalue weighted by Crippen LogP contribution is -2.34. The summed E-state index contributed by atoms with van der Waals surface area (Å²) in [5.74, 6) is 0.943. The highest BCUT2D eigenvalue weighted by atomic mass is 16.5. The molecular formula is C17H21N5O2. The van der Waals surface area contributed by atoms with Gasteiger partial charge >= 0.3 is 0 Å². The molecule has 0 bridgehead atoms. The van der Waals surface area contributed by atoms with Gasteiger partial charge in [0.15, 0.2) is 0 Å². The summed E-state index contributed by atoms with van der Waals surface area (Å²) in [5.41, 5.74) is 2.49. The second-order valence-corrected chi connectivity index (χ2v) is 6.33. The fraction of sp³-hybridized carbons (Fsp3) is 0.471. The molecule has 0 saturated carbocycles. The van der Waals surface area contributed by atoms with Gasteiger partial charge in [0.05, 0.1) is 23.6 Å². The minimum Gasteiger partial charge on any atom is -0.372 e. The van der Waals surface area contributed by atoms with Crippen LogP contribution in [0.15, 0.2) is 24.5 Å². The predicted molar refractivity (Wildman–Crippen MR) is 88.8 cm³/mol. The fourth-order valence-electron chi connectivity index (χ4n) is 3.42. The smallest absolute Gasteiger partial charge is 0.257 e. The van der Waals surface area contributed by atoms with Gasteiger partial charge in [0, 0.05) is 45.0 Å². The van der Waals surface area contributed by atoms with Crippen molar-refractivity contribution in [3.8, 4) is 0 Å². The quantitative estimate of drug-likeness (QED) is 0.909. The van der Waals surface area contributed by atoms with Crippen LogP contribution >= 0.6 is 0 Å². The molecular weight excluding hydrogens is 306 g/mol. The molecule has 2 aromatic heterocycles. The summed E-state index contributed by atoms with van der Waals surface area (Å²) < 4.78 is 5.71. The highest BCUT2D eigenvalue weighted by Gasteiger charge is 2.29.